The van der Waals surface area contributed by atoms with Crippen LogP contribution in [0.25, 0.3) is 0 Å². The van der Waals surface area contributed by atoms with Gasteiger partial charge < -0.3 is 9.64 Å². The lowest BCUT2D eigenvalue weighted by Crippen LogP contribution is -2.41. The third-order valence-electron chi connectivity index (χ3n) is 9.60. The highest BCUT2D eigenvalue weighted by Gasteiger charge is 2.61. The van der Waals surface area contributed by atoms with E-state index in [1.54, 1.807) is 23.1 Å². The second-order valence-corrected chi connectivity index (χ2v) is 11.9. The van der Waals surface area contributed by atoms with Crippen LogP contribution in [0, 0.1) is 24.7 Å². The molecule has 0 saturated carbocycles. The number of hydrogen-bond acceptors (Lipinski definition) is 5. The van der Waals surface area contributed by atoms with Crippen LogP contribution in [-0.4, -0.2) is 30.2 Å². The Hall–Kier alpha value is -5.04. The van der Waals surface area contributed by atoms with Gasteiger partial charge in [-0.3, -0.25) is 19.2 Å². The molecule has 2 bridgehead atoms. The second kappa shape index (κ2) is 9.49. The molecule has 9 rings (SSSR count). The number of ether oxygens (including phenoxy) is 1. The Bertz CT molecular complexity index is 1730. The van der Waals surface area contributed by atoms with E-state index >= 15 is 0 Å². The van der Waals surface area contributed by atoms with Crippen LogP contribution in [0.15, 0.2) is 97.1 Å². The molecule has 0 unspecified atom stereocenters. The zero-order chi connectivity index (χ0) is 29.4. The smallest absolute Gasteiger partial charge is 0.316 e. The van der Waals surface area contributed by atoms with Crippen LogP contribution >= 0.6 is 0 Å². The van der Waals surface area contributed by atoms with E-state index in [0.29, 0.717) is 17.0 Å². The van der Waals surface area contributed by atoms with E-state index in [2.05, 4.69) is 24.3 Å². The minimum absolute atomic E-state index is 0.0808. The molecule has 7 nitrogen and oxygen atoms in total. The number of anilines is 2. The van der Waals surface area contributed by atoms with Crippen LogP contribution in [0.2, 0.25) is 0 Å². The van der Waals surface area contributed by atoms with Gasteiger partial charge in [-0.2, -0.15) is 0 Å². The molecule has 43 heavy (non-hydrogen) atoms. The van der Waals surface area contributed by atoms with Gasteiger partial charge in [-0.05, 0) is 65.1 Å². The molecule has 3 amide bonds. The first-order valence-corrected chi connectivity index (χ1v) is 14.7. The van der Waals surface area contributed by atoms with Gasteiger partial charge in [0.2, 0.25) is 17.7 Å². The molecule has 5 aliphatic rings. The molecule has 212 valence electrons. The molecule has 2 heterocycles. The lowest BCUT2D eigenvalue weighted by molar-refractivity contribution is -0.139. The monoisotopic (exact) mass is 568 g/mol. The third-order valence-corrected chi connectivity index (χ3v) is 9.60. The van der Waals surface area contributed by atoms with Crippen LogP contribution < -0.4 is 14.5 Å². The maximum absolute atomic E-state index is 14.1. The van der Waals surface area contributed by atoms with E-state index in [9.17, 15) is 19.2 Å². The van der Waals surface area contributed by atoms with Crippen LogP contribution in [0.5, 0.6) is 5.75 Å². The van der Waals surface area contributed by atoms with Gasteiger partial charge in [-0.15, -0.1) is 0 Å². The van der Waals surface area contributed by atoms with Crippen molar-refractivity contribution in [2.75, 3.05) is 16.3 Å². The SMILES string of the molecule is Cc1cc(OC(=O)[C@@H]2CC(=O)N(c3ccccc3)C2)ccc1N1C(=O)[C@@H]2C3c4ccccc4C(c4ccccc43)[C@@H]2C1=O. The number of carbonyl (C=O) groups excluding carboxylic acids is 4. The highest BCUT2D eigenvalue weighted by Crippen LogP contribution is 2.61. The van der Waals surface area contributed by atoms with Crippen molar-refractivity contribution in [2.24, 2.45) is 17.8 Å². The number of hydrogen-bond donors (Lipinski definition) is 0. The predicted molar refractivity (Wildman–Crippen MR) is 160 cm³/mol. The number of benzene rings is 4. The highest BCUT2D eigenvalue weighted by atomic mass is 16.5. The van der Waals surface area contributed by atoms with Crippen molar-refractivity contribution in [3.8, 4) is 5.75 Å². The van der Waals surface area contributed by atoms with Gasteiger partial charge in [-0.25, -0.2) is 4.90 Å². The number of carbonyl (C=O) groups is 4. The summed E-state index contributed by atoms with van der Waals surface area (Å²) in [7, 11) is 0. The normalized spacial score (nSPS) is 25.0. The quantitative estimate of drug-likeness (QED) is 0.188. The maximum Gasteiger partial charge on any atom is 0.316 e. The van der Waals surface area contributed by atoms with Crippen molar-refractivity contribution in [3.05, 3.63) is 125 Å². The fraction of sp³-hybridized carbons (Fsp3) is 0.222. The molecule has 0 aromatic heterocycles. The minimum Gasteiger partial charge on any atom is -0.426 e. The highest BCUT2D eigenvalue weighted by molar-refractivity contribution is 6.23. The molecular weight excluding hydrogens is 540 g/mol. The van der Waals surface area contributed by atoms with Gasteiger partial charge in [0.15, 0.2) is 0 Å². The molecule has 2 fully saturated rings. The molecule has 0 spiro atoms. The maximum atomic E-state index is 14.1. The average Bonchev–Trinajstić information content (AvgIpc) is 3.55. The zero-order valence-electron chi connectivity index (χ0n) is 23.5. The van der Waals surface area contributed by atoms with Crippen molar-refractivity contribution >= 4 is 35.1 Å². The number of rotatable bonds is 4. The van der Waals surface area contributed by atoms with E-state index in [1.165, 1.54) is 4.90 Å². The van der Waals surface area contributed by atoms with E-state index < -0.39 is 23.7 Å². The van der Waals surface area contributed by atoms with Gasteiger partial charge in [0.1, 0.15) is 5.75 Å². The number of esters is 1. The van der Waals surface area contributed by atoms with Gasteiger partial charge in [0.05, 0.1) is 23.4 Å². The van der Waals surface area contributed by atoms with Crippen molar-refractivity contribution in [1.29, 1.82) is 0 Å². The molecule has 0 N–H and O–H groups in total. The predicted octanol–water partition coefficient (Wildman–Crippen LogP) is 5.35. The zero-order valence-corrected chi connectivity index (χ0v) is 23.5. The number of aryl methyl sites for hydroxylation is 1. The van der Waals surface area contributed by atoms with Gasteiger partial charge in [0, 0.05) is 30.5 Å². The number of nitrogens with zero attached hydrogens (tertiary/aromatic N) is 2. The standard InChI is InChI=1S/C36H28N2O5/c1-20-17-23(43-36(42)21-18-29(39)37(19-21)22-9-3-2-4-10-22)15-16-28(20)38-34(40)32-30-24-11-5-6-12-25(24)31(33(32)35(38)41)27-14-8-7-13-26(27)30/h2-17,21,30-33H,18-19H2,1H3/t21-,30?,31?,32-,33+/m1/s1. The first-order chi connectivity index (χ1) is 20.9. The van der Waals surface area contributed by atoms with Crippen LogP contribution in [0.4, 0.5) is 11.4 Å². The molecule has 4 aromatic rings. The first kappa shape index (κ1) is 25.7. The number of imide groups is 1. The molecule has 0 radical (unpaired) electrons. The Balaban J connectivity index is 1.05. The van der Waals surface area contributed by atoms with E-state index in [1.807, 2.05) is 61.5 Å². The summed E-state index contributed by atoms with van der Waals surface area (Å²) < 4.78 is 5.70. The van der Waals surface area contributed by atoms with Gasteiger partial charge in [0.25, 0.3) is 0 Å². The van der Waals surface area contributed by atoms with Crippen molar-refractivity contribution in [3.63, 3.8) is 0 Å². The van der Waals surface area contributed by atoms with Crippen LogP contribution in [0.1, 0.15) is 46.1 Å². The minimum atomic E-state index is -0.587. The molecule has 3 atom stereocenters. The van der Waals surface area contributed by atoms with E-state index in [4.69, 9.17) is 4.74 Å². The summed E-state index contributed by atoms with van der Waals surface area (Å²) in [5.41, 5.74) is 6.43. The molecule has 7 heteroatoms. The lowest BCUT2D eigenvalue weighted by atomic mass is 9.55. The molecule has 3 aliphatic carbocycles. The third kappa shape index (κ3) is 3.74. The Morgan fingerprint density at radius 2 is 1.26 bits per heavy atom. The first-order valence-electron chi connectivity index (χ1n) is 14.7. The molecule has 2 saturated heterocycles. The summed E-state index contributed by atoms with van der Waals surface area (Å²) in [6, 6.07) is 30.6. The molecule has 4 aromatic carbocycles. The fourth-order valence-electron chi connectivity index (χ4n) is 7.78. The summed E-state index contributed by atoms with van der Waals surface area (Å²) in [5.74, 6) is -2.53. The molecule has 2 aliphatic heterocycles. The van der Waals surface area contributed by atoms with Crippen molar-refractivity contribution < 1.29 is 23.9 Å². The van der Waals surface area contributed by atoms with Crippen molar-refractivity contribution in [1.82, 2.24) is 0 Å². The summed E-state index contributed by atoms with van der Waals surface area (Å²) >= 11 is 0. The summed E-state index contributed by atoms with van der Waals surface area (Å²) in [5, 5.41) is 0. The Labute approximate surface area is 248 Å². The topological polar surface area (TPSA) is 84.0 Å². The Morgan fingerprint density at radius 1 is 0.721 bits per heavy atom. The lowest BCUT2D eigenvalue weighted by Gasteiger charge is -2.45. The number of amides is 3. The van der Waals surface area contributed by atoms with Crippen LogP contribution in [0.3, 0.4) is 0 Å². The van der Waals surface area contributed by atoms with Gasteiger partial charge in [-0.1, -0.05) is 66.7 Å². The number of para-hydroxylation sites is 1. The van der Waals surface area contributed by atoms with E-state index in [0.717, 1.165) is 27.9 Å². The Morgan fingerprint density at radius 3 is 1.79 bits per heavy atom. The average molecular weight is 569 g/mol. The summed E-state index contributed by atoms with van der Waals surface area (Å²) in [4.78, 5) is 56.8. The Kier molecular flexibility index (Phi) is 5.66. The fourth-order valence-corrected chi connectivity index (χ4v) is 7.78. The van der Waals surface area contributed by atoms with Gasteiger partial charge >= 0.3 is 5.97 Å². The van der Waals surface area contributed by atoms with Crippen LogP contribution in [-0.2, 0) is 19.2 Å². The van der Waals surface area contributed by atoms with Crippen molar-refractivity contribution in [2.45, 2.75) is 25.2 Å². The van der Waals surface area contributed by atoms with E-state index in [-0.39, 0.29) is 42.5 Å². The summed E-state index contributed by atoms with van der Waals surface area (Å²) in [6.07, 6.45) is 0.0808. The summed E-state index contributed by atoms with van der Waals surface area (Å²) in [6.45, 7) is 2.06. The largest absolute Gasteiger partial charge is 0.426 e. The molecular formula is C36H28N2O5. The second-order valence-electron chi connectivity index (χ2n) is 11.9.